The first-order valence-electron chi connectivity index (χ1n) is 21.5. The van der Waals surface area contributed by atoms with E-state index in [1.54, 1.807) is 12.1 Å². The average molecular weight is 809 g/mol. The molecule has 0 spiro atoms. The molecule has 0 saturated carbocycles. The Morgan fingerprint density at radius 2 is 1.08 bits per heavy atom. The third kappa shape index (κ3) is 5.06. The molecule has 0 fully saturated rings. The van der Waals surface area contributed by atoms with Gasteiger partial charge in [0.1, 0.15) is 11.4 Å². The first kappa shape index (κ1) is 35.5. The highest BCUT2D eigenvalue weighted by Crippen LogP contribution is 2.62. The van der Waals surface area contributed by atoms with E-state index in [0.717, 1.165) is 83.1 Å². The quantitative estimate of drug-likeness (QED) is 0.167. The third-order valence-corrected chi connectivity index (χ3v) is 13.3. The SMILES string of the molecule is Fc1cccc(N(c2ccc3c4ccccc4n(-c4ccccc4)c3c2)c2cc3c(c4c2oc2ccccc24)-c2c(ccc4ccccc24)C3(c2ccccc2)c2ccccc2)c1. The lowest BCUT2D eigenvalue weighted by Crippen LogP contribution is -2.28. The van der Waals surface area contributed by atoms with Crippen LogP contribution in [0.25, 0.3) is 71.3 Å². The van der Waals surface area contributed by atoms with Gasteiger partial charge in [-0.3, -0.25) is 0 Å². The van der Waals surface area contributed by atoms with Gasteiger partial charge < -0.3 is 13.9 Å². The van der Waals surface area contributed by atoms with Crippen molar-refractivity contribution in [3.05, 3.63) is 253 Å². The maximum atomic E-state index is 15.8. The smallest absolute Gasteiger partial charge is 0.160 e. The van der Waals surface area contributed by atoms with Crippen LogP contribution in [0.5, 0.6) is 0 Å². The largest absolute Gasteiger partial charge is 0.454 e. The number of hydrogen-bond donors (Lipinski definition) is 0. The Morgan fingerprint density at radius 3 is 1.84 bits per heavy atom. The summed E-state index contributed by atoms with van der Waals surface area (Å²) in [5.74, 6) is -0.319. The summed E-state index contributed by atoms with van der Waals surface area (Å²) in [7, 11) is 0. The molecule has 0 unspecified atom stereocenters. The van der Waals surface area contributed by atoms with Crippen LogP contribution in [-0.4, -0.2) is 4.57 Å². The molecule has 4 heteroatoms. The van der Waals surface area contributed by atoms with Gasteiger partial charge >= 0.3 is 0 Å². The van der Waals surface area contributed by atoms with Gasteiger partial charge in [-0.1, -0.05) is 164 Å². The molecule has 0 saturated heterocycles. The summed E-state index contributed by atoms with van der Waals surface area (Å²) in [4.78, 5) is 2.20. The molecular formula is C59H37FN2O. The maximum Gasteiger partial charge on any atom is 0.160 e. The standard InChI is InChI=1S/C59H37FN2O/c60-41-22-16-25-43(35-41)61(44-32-33-47-46-27-12-14-29-51(46)62(52(47)36-44)42-23-8-3-9-24-42)53-37-50-57(56-48-28-13-15-30-54(48)63-58(53)56)55-45-26-11-10-17-38(45)31-34-49(55)59(50,39-18-4-1-5-19-39)40-20-6-2-7-21-40/h1-37H. The van der Waals surface area contributed by atoms with Crippen molar-refractivity contribution in [3.63, 3.8) is 0 Å². The monoisotopic (exact) mass is 808 g/mol. The number of aromatic nitrogens is 1. The van der Waals surface area contributed by atoms with Crippen LogP contribution in [0.2, 0.25) is 0 Å². The topological polar surface area (TPSA) is 21.3 Å². The van der Waals surface area contributed by atoms with Gasteiger partial charge in [-0.15, -0.1) is 0 Å². The van der Waals surface area contributed by atoms with Crippen LogP contribution in [0, 0.1) is 5.82 Å². The zero-order chi connectivity index (χ0) is 41.6. The third-order valence-electron chi connectivity index (χ3n) is 13.3. The minimum Gasteiger partial charge on any atom is -0.454 e. The molecule has 0 radical (unpaired) electrons. The number of halogens is 1. The van der Waals surface area contributed by atoms with Gasteiger partial charge in [0, 0.05) is 38.6 Å². The molecule has 63 heavy (non-hydrogen) atoms. The number of rotatable bonds is 6. The van der Waals surface area contributed by atoms with E-state index in [9.17, 15) is 0 Å². The average Bonchev–Trinajstić information content (AvgIpc) is 3.99. The van der Waals surface area contributed by atoms with Crippen LogP contribution in [-0.2, 0) is 5.41 Å². The van der Waals surface area contributed by atoms with E-state index in [1.165, 1.54) is 28.0 Å². The van der Waals surface area contributed by atoms with Crippen molar-refractivity contribution in [3.8, 4) is 16.8 Å². The van der Waals surface area contributed by atoms with E-state index in [-0.39, 0.29) is 5.82 Å². The van der Waals surface area contributed by atoms with Crippen molar-refractivity contribution in [1.82, 2.24) is 4.57 Å². The van der Waals surface area contributed by atoms with Gasteiger partial charge in [0.05, 0.1) is 22.1 Å². The van der Waals surface area contributed by atoms with Gasteiger partial charge in [0.25, 0.3) is 0 Å². The molecule has 0 aliphatic heterocycles. The second-order valence-corrected chi connectivity index (χ2v) is 16.5. The molecule has 296 valence electrons. The summed E-state index contributed by atoms with van der Waals surface area (Å²) in [6.45, 7) is 0. The second-order valence-electron chi connectivity index (χ2n) is 16.5. The maximum absolute atomic E-state index is 15.8. The lowest BCUT2D eigenvalue weighted by Gasteiger charge is -2.35. The Bertz CT molecular complexity index is 3720. The number of para-hydroxylation sites is 3. The zero-order valence-corrected chi connectivity index (χ0v) is 34.0. The summed E-state index contributed by atoms with van der Waals surface area (Å²) in [5.41, 5.74) is 13.4. The highest BCUT2D eigenvalue weighted by atomic mass is 19.1. The van der Waals surface area contributed by atoms with Gasteiger partial charge in [0.2, 0.25) is 0 Å². The minimum absolute atomic E-state index is 0.319. The summed E-state index contributed by atoms with van der Waals surface area (Å²) >= 11 is 0. The fourth-order valence-electron chi connectivity index (χ4n) is 10.8. The molecule has 13 rings (SSSR count). The molecule has 2 heterocycles. The van der Waals surface area contributed by atoms with Crippen molar-refractivity contribution in [2.24, 2.45) is 0 Å². The highest BCUT2D eigenvalue weighted by molar-refractivity contribution is 6.22. The van der Waals surface area contributed by atoms with Gasteiger partial charge in [-0.2, -0.15) is 0 Å². The van der Waals surface area contributed by atoms with Gasteiger partial charge in [-0.25, -0.2) is 4.39 Å². The zero-order valence-electron chi connectivity index (χ0n) is 34.0. The molecule has 0 N–H and O–H groups in total. The Kier molecular flexibility index (Phi) is 7.70. The number of fused-ring (bicyclic) bond motifs is 12. The van der Waals surface area contributed by atoms with E-state index in [2.05, 4.69) is 198 Å². The van der Waals surface area contributed by atoms with Gasteiger partial charge in [0.15, 0.2) is 5.58 Å². The van der Waals surface area contributed by atoms with Crippen LogP contribution in [0.1, 0.15) is 22.3 Å². The van der Waals surface area contributed by atoms with E-state index in [4.69, 9.17) is 4.42 Å². The Balaban J connectivity index is 1.22. The van der Waals surface area contributed by atoms with Gasteiger partial charge in [-0.05, 0) is 105 Å². The molecule has 0 amide bonds. The molecule has 10 aromatic carbocycles. The van der Waals surface area contributed by atoms with Crippen molar-refractivity contribution in [2.45, 2.75) is 5.41 Å². The molecular weight excluding hydrogens is 772 g/mol. The number of nitrogens with zero attached hydrogens (tertiary/aromatic N) is 2. The predicted octanol–water partition coefficient (Wildman–Crippen LogP) is 15.8. The Labute approximate surface area is 363 Å². The van der Waals surface area contributed by atoms with E-state index in [1.807, 2.05) is 18.2 Å². The fraction of sp³-hybridized carbons (Fsp3) is 0.0169. The van der Waals surface area contributed by atoms with Crippen LogP contribution >= 0.6 is 0 Å². The lowest BCUT2D eigenvalue weighted by atomic mass is 9.67. The molecule has 0 atom stereocenters. The lowest BCUT2D eigenvalue weighted by molar-refractivity contribution is 0.628. The predicted molar refractivity (Wildman–Crippen MR) is 258 cm³/mol. The Morgan fingerprint density at radius 1 is 0.444 bits per heavy atom. The number of benzene rings is 10. The number of anilines is 3. The molecule has 1 aliphatic rings. The fourth-order valence-corrected chi connectivity index (χ4v) is 10.8. The van der Waals surface area contributed by atoms with Crippen molar-refractivity contribution in [2.75, 3.05) is 4.90 Å². The van der Waals surface area contributed by atoms with Crippen LogP contribution in [0.3, 0.4) is 0 Å². The first-order valence-corrected chi connectivity index (χ1v) is 21.5. The van der Waals surface area contributed by atoms with Crippen molar-refractivity contribution in [1.29, 1.82) is 0 Å². The summed E-state index contributed by atoms with van der Waals surface area (Å²) in [5, 5.41) is 6.72. The van der Waals surface area contributed by atoms with Crippen LogP contribution < -0.4 is 4.90 Å². The van der Waals surface area contributed by atoms with E-state index in [0.29, 0.717) is 5.69 Å². The number of furan rings is 1. The van der Waals surface area contributed by atoms with E-state index < -0.39 is 5.41 Å². The second kappa shape index (κ2) is 13.7. The minimum atomic E-state index is -0.726. The molecule has 1 aliphatic carbocycles. The van der Waals surface area contributed by atoms with Crippen molar-refractivity contribution < 1.29 is 8.81 Å². The normalized spacial score (nSPS) is 13.0. The Hall–Kier alpha value is -8.21. The van der Waals surface area contributed by atoms with Crippen molar-refractivity contribution >= 4 is 71.6 Å². The number of hydrogen-bond acceptors (Lipinski definition) is 2. The molecule has 2 aromatic heterocycles. The molecule has 0 bridgehead atoms. The summed E-state index contributed by atoms with van der Waals surface area (Å²) in [6, 6.07) is 78.5. The molecule has 3 nitrogen and oxygen atoms in total. The van der Waals surface area contributed by atoms with Crippen LogP contribution in [0.4, 0.5) is 21.5 Å². The summed E-state index contributed by atoms with van der Waals surface area (Å²) in [6.07, 6.45) is 0. The first-order chi connectivity index (χ1) is 31.2. The molecule has 12 aromatic rings. The van der Waals surface area contributed by atoms with Crippen LogP contribution in [0.15, 0.2) is 229 Å². The van der Waals surface area contributed by atoms with E-state index >= 15 is 4.39 Å². The summed E-state index contributed by atoms with van der Waals surface area (Å²) < 4.78 is 25.3. The highest BCUT2D eigenvalue weighted by Gasteiger charge is 2.48.